The van der Waals surface area contributed by atoms with Crippen molar-refractivity contribution < 1.29 is 9.90 Å². The van der Waals surface area contributed by atoms with E-state index >= 15 is 0 Å². The minimum absolute atomic E-state index is 0.0206. The summed E-state index contributed by atoms with van der Waals surface area (Å²) in [5, 5.41) is 9.77. The number of hydrogen-bond acceptors (Lipinski definition) is 5. The summed E-state index contributed by atoms with van der Waals surface area (Å²) in [5.41, 5.74) is -0.0206. The van der Waals surface area contributed by atoms with Crippen LogP contribution >= 0.6 is 11.5 Å². The Morgan fingerprint density at radius 1 is 1.50 bits per heavy atom. The van der Waals surface area contributed by atoms with Crippen LogP contribution in [0.5, 0.6) is 0 Å². The Hall–Kier alpha value is -1.17. The summed E-state index contributed by atoms with van der Waals surface area (Å²) in [6.07, 6.45) is 3.25. The smallest absolute Gasteiger partial charge is 0.303 e. The summed E-state index contributed by atoms with van der Waals surface area (Å²) < 4.78 is 4.46. The van der Waals surface area contributed by atoms with E-state index in [9.17, 15) is 4.79 Å². The van der Waals surface area contributed by atoms with E-state index in [1.807, 2.05) is 0 Å². The number of rotatable bonds is 4. The Morgan fingerprint density at radius 2 is 2.25 bits per heavy atom. The van der Waals surface area contributed by atoms with Crippen LogP contribution in [0.1, 0.15) is 52.3 Å². The third-order valence-electron chi connectivity index (χ3n) is 3.64. The third-order valence-corrected chi connectivity index (χ3v) is 4.42. The van der Waals surface area contributed by atoms with Crippen LogP contribution in [0, 0.1) is 5.92 Å². The third kappa shape index (κ3) is 3.91. The van der Waals surface area contributed by atoms with Crippen LogP contribution < -0.4 is 4.90 Å². The minimum atomic E-state index is -0.701. The van der Waals surface area contributed by atoms with E-state index in [0.29, 0.717) is 5.92 Å². The monoisotopic (exact) mass is 297 g/mol. The number of carboxylic acid groups (broad SMARTS) is 1. The first-order valence-corrected chi connectivity index (χ1v) is 7.94. The first-order chi connectivity index (χ1) is 9.36. The Bertz CT molecular complexity index is 467. The van der Waals surface area contributed by atoms with E-state index < -0.39 is 5.97 Å². The number of nitrogens with zero attached hydrogens (tertiary/aromatic N) is 3. The second kappa shape index (κ2) is 6.08. The van der Waals surface area contributed by atoms with Gasteiger partial charge in [0, 0.05) is 36.5 Å². The highest BCUT2D eigenvalue weighted by Crippen LogP contribution is 2.29. The zero-order chi connectivity index (χ0) is 14.8. The van der Waals surface area contributed by atoms with Gasteiger partial charge in [-0.3, -0.25) is 4.79 Å². The highest BCUT2D eigenvalue weighted by molar-refractivity contribution is 7.09. The summed E-state index contributed by atoms with van der Waals surface area (Å²) in [6, 6.07) is 0. The molecule has 1 fully saturated rings. The second-order valence-electron chi connectivity index (χ2n) is 6.54. The number of aliphatic carboxylic acids is 1. The molecule has 0 spiro atoms. The summed E-state index contributed by atoms with van der Waals surface area (Å²) in [7, 11) is 0. The van der Waals surface area contributed by atoms with Gasteiger partial charge in [-0.05, 0) is 25.2 Å². The van der Waals surface area contributed by atoms with E-state index in [1.54, 1.807) is 0 Å². The maximum atomic E-state index is 10.7. The van der Waals surface area contributed by atoms with Gasteiger partial charge in [0.05, 0.1) is 0 Å². The van der Waals surface area contributed by atoms with Crippen LogP contribution in [-0.4, -0.2) is 33.5 Å². The Labute approximate surface area is 124 Å². The van der Waals surface area contributed by atoms with E-state index in [4.69, 9.17) is 5.11 Å². The molecule has 0 bridgehead atoms. The largest absolute Gasteiger partial charge is 0.481 e. The van der Waals surface area contributed by atoms with Gasteiger partial charge in [0.1, 0.15) is 5.82 Å². The first-order valence-electron chi connectivity index (χ1n) is 7.17. The van der Waals surface area contributed by atoms with Crippen molar-refractivity contribution in [1.29, 1.82) is 0 Å². The SMILES string of the molecule is CC(C)(C)c1nsc(N2CCCC(CCC(=O)O)C2)n1. The van der Waals surface area contributed by atoms with Crippen molar-refractivity contribution in [3.05, 3.63) is 5.82 Å². The van der Waals surface area contributed by atoms with Crippen molar-refractivity contribution in [3.8, 4) is 0 Å². The van der Waals surface area contributed by atoms with Crippen LogP contribution in [0.2, 0.25) is 0 Å². The Kier molecular flexibility index (Phi) is 4.62. The number of piperidine rings is 1. The van der Waals surface area contributed by atoms with E-state index in [0.717, 1.165) is 43.3 Å². The molecule has 1 aromatic heterocycles. The van der Waals surface area contributed by atoms with Crippen molar-refractivity contribution in [2.45, 2.75) is 51.9 Å². The predicted octanol–water partition coefficient (Wildman–Crippen LogP) is 2.92. The molecule has 6 heteroatoms. The van der Waals surface area contributed by atoms with E-state index in [1.165, 1.54) is 11.5 Å². The highest BCUT2D eigenvalue weighted by Gasteiger charge is 2.25. The van der Waals surface area contributed by atoms with E-state index in [-0.39, 0.29) is 11.8 Å². The fraction of sp³-hybridized carbons (Fsp3) is 0.786. The van der Waals surface area contributed by atoms with Crippen molar-refractivity contribution in [2.75, 3.05) is 18.0 Å². The lowest BCUT2D eigenvalue weighted by Gasteiger charge is -2.32. The zero-order valence-electron chi connectivity index (χ0n) is 12.4. The van der Waals surface area contributed by atoms with Gasteiger partial charge in [-0.15, -0.1) is 0 Å². The van der Waals surface area contributed by atoms with Gasteiger partial charge >= 0.3 is 5.97 Å². The number of anilines is 1. The number of carboxylic acids is 1. The molecule has 20 heavy (non-hydrogen) atoms. The molecule has 1 aromatic rings. The molecule has 1 atom stereocenters. The van der Waals surface area contributed by atoms with Gasteiger partial charge in [-0.1, -0.05) is 20.8 Å². The molecule has 112 valence electrons. The normalized spacial score (nSPS) is 20.1. The molecule has 0 amide bonds. The topological polar surface area (TPSA) is 66.3 Å². The molecule has 0 radical (unpaired) electrons. The van der Waals surface area contributed by atoms with Crippen LogP contribution in [0.4, 0.5) is 5.13 Å². The highest BCUT2D eigenvalue weighted by atomic mass is 32.1. The summed E-state index contributed by atoms with van der Waals surface area (Å²) >= 11 is 1.46. The second-order valence-corrected chi connectivity index (χ2v) is 7.27. The average molecular weight is 297 g/mol. The molecule has 2 rings (SSSR count). The lowest BCUT2D eigenvalue weighted by molar-refractivity contribution is -0.137. The molecule has 1 aliphatic heterocycles. The number of aromatic nitrogens is 2. The van der Waals surface area contributed by atoms with Gasteiger partial charge in [0.2, 0.25) is 5.13 Å². The molecule has 2 heterocycles. The number of carbonyl (C=O) groups is 1. The summed E-state index contributed by atoms with van der Waals surface area (Å²) in [4.78, 5) is 17.6. The van der Waals surface area contributed by atoms with Crippen molar-refractivity contribution in [2.24, 2.45) is 5.92 Å². The van der Waals surface area contributed by atoms with Crippen molar-refractivity contribution in [3.63, 3.8) is 0 Å². The Morgan fingerprint density at radius 3 is 2.85 bits per heavy atom. The zero-order valence-corrected chi connectivity index (χ0v) is 13.2. The quantitative estimate of drug-likeness (QED) is 0.925. The van der Waals surface area contributed by atoms with Gasteiger partial charge < -0.3 is 10.0 Å². The minimum Gasteiger partial charge on any atom is -0.481 e. The van der Waals surface area contributed by atoms with Gasteiger partial charge in [-0.2, -0.15) is 4.37 Å². The van der Waals surface area contributed by atoms with Crippen LogP contribution in [0.15, 0.2) is 0 Å². The molecule has 1 saturated heterocycles. The number of hydrogen-bond donors (Lipinski definition) is 1. The van der Waals surface area contributed by atoms with Gasteiger partial charge in [-0.25, -0.2) is 4.98 Å². The molecule has 5 nitrogen and oxygen atoms in total. The molecule has 1 unspecified atom stereocenters. The average Bonchev–Trinajstić information content (AvgIpc) is 2.86. The predicted molar refractivity (Wildman–Crippen MR) is 80.4 cm³/mol. The molecule has 0 saturated carbocycles. The summed E-state index contributed by atoms with van der Waals surface area (Å²) in [5.74, 6) is 0.653. The maximum absolute atomic E-state index is 10.7. The van der Waals surface area contributed by atoms with E-state index in [2.05, 4.69) is 35.0 Å². The lowest BCUT2D eigenvalue weighted by Crippen LogP contribution is -2.35. The first kappa shape index (κ1) is 15.2. The van der Waals surface area contributed by atoms with Crippen molar-refractivity contribution >= 4 is 22.6 Å². The van der Waals surface area contributed by atoms with Crippen LogP contribution in [0.3, 0.4) is 0 Å². The molecule has 1 N–H and O–H groups in total. The van der Waals surface area contributed by atoms with Crippen molar-refractivity contribution in [1.82, 2.24) is 9.36 Å². The molecular formula is C14H23N3O2S. The molecule has 0 aliphatic carbocycles. The molecule has 0 aromatic carbocycles. The fourth-order valence-corrected chi connectivity index (χ4v) is 3.34. The Balaban J connectivity index is 1.98. The molecule has 1 aliphatic rings. The maximum Gasteiger partial charge on any atom is 0.303 e. The fourth-order valence-electron chi connectivity index (χ4n) is 2.45. The van der Waals surface area contributed by atoms with Crippen LogP contribution in [-0.2, 0) is 10.2 Å². The van der Waals surface area contributed by atoms with Gasteiger partial charge in [0.15, 0.2) is 0 Å². The van der Waals surface area contributed by atoms with Crippen LogP contribution in [0.25, 0.3) is 0 Å². The lowest BCUT2D eigenvalue weighted by atomic mass is 9.94. The molecular weight excluding hydrogens is 274 g/mol. The van der Waals surface area contributed by atoms with Gasteiger partial charge in [0.25, 0.3) is 0 Å². The standard InChI is InChI=1S/C14H23N3O2S/c1-14(2,3)12-15-13(20-16-12)17-8-4-5-10(9-17)6-7-11(18)19/h10H,4-9H2,1-3H3,(H,18,19). The summed E-state index contributed by atoms with van der Waals surface area (Å²) in [6.45, 7) is 8.26.